The molecule has 2 rings (SSSR count). The number of hydrogen-bond acceptors (Lipinski definition) is 3. The molecule has 2 aromatic carbocycles. The number of benzene rings is 2. The monoisotopic (exact) mass is 315 g/mol. The molecule has 4 nitrogen and oxygen atoms in total. The van der Waals surface area contributed by atoms with Crippen molar-refractivity contribution in [3.8, 4) is 0 Å². The molecule has 0 bridgehead atoms. The molecule has 0 radical (unpaired) electrons. The zero-order valence-corrected chi connectivity index (χ0v) is 13.5. The molecule has 0 spiro atoms. The molecule has 0 aliphatic carbocycles. The van der Waals surface area contributed by atoms with Gasteiger partial charge < -0.3 is 16.0 Å². The zero-order chi connectivity index (χ0) is 16.8. The Morgan fingerprint density at radius 2 is 1.78 bits per heavy atom. The maximum Gasteiger partial charge on any atom is 0.251 e. The van der Waals surface area contributed by atoms with Crippen LogP contribution in [0, 0.1) is 5.82 Å². The number of carbonyl (C=O) groups excluding carboxylic acids is 1. The van der Waals surface area contributed by atoms with E-state index in [1.54, 1.807) is 24.3 Å². The molecular formula is C18H22FN3O. The van der Waals surface area contributed by atoms with E-state index in [4.69, 9.17) is 5.73 Å². The molecule has 2 aromatic rings. The zero-order valence-electron chi connectivity index (χ0n) is 13.5. The van der Waals surface area contributed by atoms with E-state index >= 15 is 0 Å². The third-order valence-electron chi connectivity index (χ3n) is 3.50. The fraction of sp³-hybridized carbons (Fsp3) is 0.278. The van der Waals surface area contributed by atoms with Gasteiger partial charge in [-0.3, -0.25) is 4.79 Å². The molecule has 122 valence electrons. The molecular weight excluding hydrogens is 293 g/mol. The Labute approximate surface area is 136 Å². The Morgan fingerprint density at radius 3 is 2.39 bits per heavy atom. The van der Waals surface area contributed by atoms with E-state index in [0.29, 0.717) is 30.8 Å². The quantitative estimate of drug-likeness (QED) is 0.860. The Balaban J connectivity index is 2.00. The van der Waals surface area contributed by atoms with E-state index in [2.05, 4.69) is 5.32 Å². The third-order valence-corrected chi connectivity index (χ3v) is 3.50. The van der Waals surface area contributed by atoms with Gasteiger partial charge in [0.25, 0.3) is 5.91 Å². The summed E-state index contributed by atoms with van der Waals surface area (Å²) in [4.78, 5) is 14.0. The number of carbonyl (C=O) groups is 1. The van der Waals surface area contributed by atoms with Crippen molar-refractivity contribution in [1.82, 2.24) is 10.2 Å². The highest BCUT2D eigenvalue weighted by atomic mass is 19.1. The van der Waals surface area contributed by atoms with E-state index in [1.807, 2.05) is 31.1 Å². The Bertz CT molecular complexity index is 668. The normalized spacial score (nSPS) is 10.8. The first-order valence-corrected chi connectivity index (χ1v) is 7.49. The second-order valence-corrected chi connectivity index (χ2v) is 5.75. The molecule has 0 saturated heterocycles. The Kier molecular flexibility index (Phi) is 5.84. The van der Waals surface area contributed by atoms with Crippen molar-refractivity contribution in [2.45, 2.75) is 19.6 Å². The van der Waals surface area contributed by atoms with Crippen LogP contribution in [0.1, 0.15) is 27.0 Å². The maximum atomic E-state index is 13.7. The van der Waals surface area contributed by atoms with Crippen LogP contribution < -0.4 is 11.1 Å². The Hall–Kier alpha value is -2.24. The predicted octanol–water partition coefficient (Wildman–Crippen LogP) is 2.28. The summed E-state index contributed by atoms with van der Waals surface area (Å²) in [5.74, 6) is -0.391. The second kappa shape index (κ2) is 7.85. The van der Waals surface area contributed by atoms with Gasteiger partial charge in [-0.2, -0.15) is 0 Å². The molecule has 0 fully saturated rings. The third kappa shape index (κ3) is 4.87. The molecule has 0 aliphatic rings. The molecule has 3 N–H and O–H groups in total. The van der Waals surface area contributed by atoms with Crippen LogP contribution in [0.3, 0.4) is 0 Å². The summed E-state index contributed by atoms with van der Waals surface area (Å²) < 4.78 is 13.7. The van der Waals surface area contributed by atoms with Gasteiger partial charge in [-0.15, -0.1) is 0 Å². The van der Waals surface area contributed by atoms with E-state index < -0.39 is 0 Å². The number of halogens is 1. The van der Waals surface area contributed by atoms with Crippen molar-refractivity contribution < 1.29 is 9.18 Å². The SMILES string of the molecule is CN(C)Cc1cc(CNC(=O)c2ccc(CN)cc2)ccc1F. The van der Waals surface area contributed by atoms with Gasteiger partial charge in [0, 0.05) is 30.8 Å². The largest absolute Gasteiger partial charge is 0.348 e. The number of amides is 1. The number of nitrogens with one attached hydrogen (secondary N) is 1. The summed E-state index contributed by atoms with van der Waals surface area (Å²) in [6.45, 7) is 1.33. The summed E-state index contributed by atoms with van der Waals surface area (Å²) in [6.07, 6.45) is 0. The van der Waals surface area contributed by atoms with Gasteiger partial charge in [-0.05, 0) is 49.5 Å². The maximum absolute atomic E-state index is 13.7. The number of hydrogen-bond donors (Lipinski definition) is 2. The average molecular weight is 315 g/mol. The van der Waals surface area contributed by atoms with Crippen molar-refractivity contribution in [2.24, 2.45) is 5.73 Å². The van der Waals surface area contributed by atoms with E-state index in [-0.39, 0.29) is 11.7 Å². The van der Waals surface area contributed by atoms with Crippen molar-refractivity contribution in [2.75, 3.05) is 14.1 Å². The van der Waals surface area contributed by atoms with Crippen molar-refractivity contribution in [3.05, 3.63) is 70.5 Å². The molecule has 0 saturated carbocycles. The summed E-state index contributed by atoms with van der Waals surface area (Å²) in [5, 5.41) is 2.85. The second-order valence-electron chi connectivity index (χ2n) is 5.75. The van der Waals surface area contributed by atoms with Crippen molar-refractivity contribution in [3.63, 3.8) is 0 Å². The fourth-order valence-electron chi connectivity index (χ4n) is 2.28. The molecule has 5 heteroatoms. The predicted molar refractivity (Wildman–Crippen MR) is 89.3 cm³/mol. The smallest absolute Gasteiger partial charge is 0.251 e. The van der Waals surface area contributed by atoms with Crippen LogP contribution in [-0.2, 0) is 19.6 Å². The lowest BCUT2D eigenvalue weighted by Crippen LogP contribution is -2.23. The highest BCUT2D eigenvalue weighted by Crippen LogP contribution is 2.12. The first-order chi connectivity index (χ1) is 11.0. The van der Waals surface area contributed by atoms with Crippen LogP contribution in [0.5, 0.6) is 0 Å². The fourth-order valence-corrected chi connectivity index (χ4v) is 2.28. The minimum absolute atomic E-state index is 0.160. The van der Waals surface area contributed by atoms with E-state index in [1.165, 1.54) is 6.07 Å². The van der Waals surface area contributed by atoms with Crippen LogP contribution >= 0.6 is 0 Å². The van der Waals surface area contributed by atoms with Crippen LogP contribution in [0.25, 0.3) is 0 Å². The topological polar surface area (TPSA) is 58.4 Å². The standard InChI is InChI=1S/C18H22FN3O/c1-22(2)12-16-9-14(5-8-17(16)19)11-21-18(23)15-6-3-13(10-20)4-7-15/h3-9H,10-12,20H2,1-2H3,(H,21,23). The average Bonchev–Trinajstić information content (AvgIpc) is 2.55. The van der Waals surface area contributed by atoms with Crippen molar-refractivity contribution in [1.29, 1.82) is 0 Å². The molecule has 23 heavy (non-hydrogen) atoms. The summed E-state index contributed by atoms with van der Waals surface area (Å²) in [5.41, 5.74) is 8.59. The molecule has 0 heterocycles. The van der Waals surface area contributed by atoms with E-state index in [9.17, 15) is 9.18 Å². The van der Waals surface area contributed by atoms with Crippen molar-refractivity contribution >= 4 is 5.91 Å². The van der Waals surface area contributed by atoms with Gasteiger partial charge in [-0.25, -0.2) is 4.39 Å². The Morgan fingerprint density at radius 1 is 1.13 bits per heavy atom. The first kappa shape index (κ1) is 17.1. The number of nitrogens with two attached hydrogens (primary N) is 1. The molecule has 0 unspecified atom stereocenters. The highest BCUT2D eigenvalue weighted by Gasteiger charge is 2.08. The van der Waals surface area contributed by atoms with Crippen LogP contribution in [0.2, 0.25) is 0 Å². The number of nitrogens with zero attached hydrogens (tertiary/aromatic N) is 1. The molecule has 0 aromatic heterocycles. The molecule has 1 amide bonds. The van der Waals surface area contributed by atoms with Crippen LogP contribution in [-0.4, -0.2) is 24.9 Å². The van der Waals surface area contributed by atoms with Crippen LogP contribution in [0.15, 0.2) is 42.5 Å². The lowest BCUT2D eigenvalue weighted by molar-refractivity contribution is 0.0951. The van der Waals surface area contributed by atoms with Gasteiger partial charge in [0.05, 0.1) is 0 Å². The van der Waals surface area contributed by atoms with Gasteiger partial charge in [0.1, 0.15) is 5.82 Å². The van der Waals surface area contributed by atoms with Gasteiger partial charge >= 0.3 is 0 Å². The minimum atomic E-state index is -0.230. The van der Waals surface area contributed by atoms with Gasteiger partial charge in [0.15, 0.2) is 0 Å². The lowest BCUT2D eigenvalue weighted by atomic mass is 10.1. The minimum Gasteiger partial charge on any atom is -0.348 e. The summed E-state index contributed by atoms with van der Waals surface area (Å²) >= 11 is 0. The highest BCUT2D eigenvalue weighted by molar-refractivity contribution is 5.94. The first-order valence-electron chi connectivity index (χ1n) is 7.49. The summed E-state index contributed by atoms with van der Waals surface area (Å²) in [6, 6.07) is 12.1. The van der Waals surface area contributed by atoms with E-state index in [0.717, 1.165) is 11.1 Å². The van der Waals surface area contributed by atoms with Gasteiger partial charge in [-0.1, -0.05) is 18.2 Å². The molecule has 0 aliphatic heterocycles. The molecule has 0 atom stereocenters. The lowest BCUT2D eigenvalue weighted by Gasteiger charge is -2.12. The summed E-state index contributed by atoms with van der Waals surface area (Å²) in [7, 11) is 3.78. The van der Waals surface area contributed by atoms with Crippen LogP contribution in [0.4, 0.5) is 4.39 Å². The van der Waals surface area contributed by atoms with Gasteiger partial charge in [0.2, 0.25) is 0 Å². The number of rotatable bonds is 6.